The van der Waals surface area contributed by atoms with Crippen molar-refractivity contribution in [2.24, 2.45) is 0 Å². The number of amides is 1. The van der Waals surface area contributed by atoms with E-state index in [1.165, 1.54) is 0 Å². The van der Waals surface area contributed by atoms with Crippen molar-refractivity contribution in [1.82, 2.24) is 5.32 Å². The molecule has 0 aromatic heterocycles. The Morgan fingerprint density at radius 3 is 2.33 bits per heavy atom. The third kappa shape index (κ3) is 4.36. The zero-order valence-corrected chi connectivity index (χ0v) is 11.9. The van der Waals surface area contributed by atoms with Gasteiger partial charge in [0.1, 0.15) is 0 Å². The highest BCUT2D eigenvalue weighted by molar-refractivity contribution is 5.94. The molecule has 106 valence electrons. The number of hydrogen-bond acceptors (Lipinski definition) is 3. The first kappa shape index (κ1) is 14.6. The molecule has 0 unspecified atom stereocenters. The van der Waals surface area contributed by atoms with E-state index in [1.807, 2.05) is 43.3 Å². The molecule has 0 aliphatic heterocycles. The van der Waals surface area contributed by atoms with Crippen LogP contribution >= 0.6 is 0 Å². The second-order valence-corrected chi connectivity index (χ2v) is 4.74. The minimum absolute atomic E-state index is 0.0726. The molecule has 2 aromatic rings. The number of hydrogen-bond donors (Lipinski definition) is 2. The molecule has 0 heterocycles. The highest BCUT2D eigenvalue weighted by Crippen LogP contribution is 2.08. The molecule has 1 amide bonds. The topological polar surface area (TPSA) is 64.9 Å². The fraction of sp³-hybridized carbons (Fsp3) is 0.176. The first-order valence-corrected chi connectivity index (χ1v) is 6.78. The Bertz CT molecular complexity index is 639. The van der Waals surface area contributed by atoms with Crippen LogP contribution in [0.1, 0.15) is 21.5 Å². The number of aryl methyl sites for hydroxylation is 1. The highest BCUT2D eigenvalue weighted by atomic mass is 16.1. The van der Waals surface area contributed by atoms with Crippen LogP contribution in [-0.4, -0.2) is 19.0 Å². The Kier molecular flexibility index (Phi) is 4.94. The van der Waals surface area contributed by atoms with Gasteiger partial charge in [-0.05, 0) is 43.3 Å². The summed E-state index contributed by atoms with van der Waals surface area (Å²) in [4.78, 5) is 11.9. The molecule has 2 N–H and O–H groups in total. The number of anilines is 1. The molecule has 2 rings (SSSR count). The van der Waals surface area contributed by atoms with Gasteiger partial charge in [0.25, 0.3) is 5.91 Å². The Labute approximate surface area is 124 Å². The molecule has 0 fully saturated rings. The lowest BCUT2D eigenvalue weighted by Gasteiger charge is -2.08. The van der Waals surface area contributed by atoms with Crippen LogP contribution in [0, 0.1) is 18.3 Å². The molecule has 0 radical (unpaired) electrons. The van der Waals surface area contributed by atoms with E-state index in [-0.39, 0.29) is 5.91 Å². The van der Waals surface area contributed by atoms with Gasteiger partial charge in [0, 0.05) is 24.3 Å². The van der Waals surface area contributed by atoms with Gasteiger partial charge in [-0.2, -0.15) is 5.26 Å². The van der Waals surface area contributed by atoms with Crippen molar-refractivity contribution in [3.8, 4) is 6.07 Å². The summed E-state index contributed by atoms with van der Waals surface area (Å²) in [5.41, 5.74) is 3.36. The summed E-state index contributed by atoms with van der Waals surface area (Å²) in [6.07, 6.45) is 0. The van der Waals surface area contributed by atoms with E-state index in [0.29, 0.717) is 24.2 Å². The zero-order valence-electron chi connectivity index (χ0n) is 11.9. The minimum Gasteiger partial charge on any atom is -0.383 e. The molecule has 2 aromatic carbocycles. The van der Waals surface area contributed by atoms with E-state index in [2.05, 4.69) is 16.7 Å². The van der Waals surface area contributed by atoms with Gasteiger partial charge in [0.15, 0.2) is 0 Å². The Balaban J connectivity index is 1.75. The van der Waals surface area contributed by atoms with Gasteiger partial charge in [-0.1, -0.05) is 17.7 Å². The molecule has 0 saturated heterocycles. The maximum atomic E-state index is 11.9. The first-order valence-electron chi connectivity index (χ1n) is 6.78. The maximum Gasteiger partial charge on any atom is 0.251 e. The first-order chi connectivity index (χ1) is 10.2. The van der Waals surface area contributed by atoms with Gasteiger partial charge in [-0.15, -0.1) is 0 Å². The van der Waals surface area contributed by atoms with Gasteiger partial charge >= 0.3 is 0 Å². The van der Waals surface area contributed by atoms with Crippen LogP contribution in [0.5, 0.6) is 0 Å². The van der Waals surface area contributed by atoms with Crippen molar-refractivity contribution in [2.45, 2.75) is 6.92 Å². The van der Waals surface area contributed by atoms with Crippen molar-refractivity contribution >= 4 is 11.6 Å². The second-order valence-electron chi connectivity index (χ2n) is 4.74. The van der Waals surface area contributed by atoms with E-state index in [4.69, 9.17) is 5.26 Å². The van der Waals surface area contributed by atoms with Crippen LogP contribution in [0.2, 0.25) is 0 Å². The zero-order chi connectivity index (χ0) is 15.1. The van der Waals surface area contributed by atoms with Gasteiger partial charge in [-0.25, -0.2) is 0 Å². The Morgan fingerprint density at radius 1 is 1.05 bits per heavy atom. The van der Waals surface area contributed by atoms with Crippen LogP contribution in [0.25, 0.3) is 0 Å². The van der Waals surface area contributed by atoms with Crippen LogP contribution in [0.3, 0.4) is 0 Å². The van der Waals surface area contributed by atoms with Crippen molar-refractivity contribution in [3.63, 3.8) is 0 Å². The average Bonchev–Trinajstić information content (AvgIpc) is 2.52. The smallest absolute Gasteiger partial charge is 0.251 e. The number of nitrogens with one attached hydrogen (secondary N) is 2. The lowest BCUT2D eigenvalue weighted by molar-refractivity contribution is 0.0955. The predicted octanol–water partition coefficient (Wildman–Crippen LogP) is 2.71. The summed E-state index contributed by atoms with van der Waals surface area (Å²) in [5, 5.41) is 14.8. The third-order valence-electron chi connectivity index (χ3n) is 3.07. The number of nitriles is 1. The number of carbonyl (C=O) groups is 1. The molecule has 0 bridgehead atoms. The largest absolute Gasteiger partial charge is 0.383 e. The van der Waals surface area contributed by atoms with Gasteiger partial charge in [0.2, 0.25) is 0 Å². The summed E-state index contributed by atoms with van der Waals surface area (Å²) >= 11 is 0. The molecule has 0 spiro atoms. The van der Waals surface area contributed by atoms with Crippen LogP contribution in [0.4, 0.5) is 5.69 Å². The van der Waals surface area contributed by atoms with Gasteiger partial charge in [0.05, 0.1) is 11.6 Å². The average molecular weight is 279 g/mol. The van der Waals surface area contributed by atoms with Crippen molar-refractivity contribution in [1.29, 1.82) is 5.26 Å². The SMILES string of the molecule is Cc1ccc(C(=O)NCCNc2ccc(C#N)cc2)cc1. The molecule has 0 atom stereocenters. The second kappa shape index (κ2) is 7.11. The molecular weight excluding hydrogens is 262 g/mol. The normalized spacial score (nSPS) is 9.71. The molecular formula is C17H17N3O. The summed E-state index contributed by atoms with van der Waals surface area (Å²) in [6, 6.07) is 16.8. The molecule has 4 nitrogen and oxygen atoms in total. The lowest BCUT2D eigenvalue weighted by atomic mass is 10.1. The number of carbonyl (C=O) groups excluding carboxylic acids is 1. The van der Waals surface area contributed by atoms with E-state index < -0.39 is 0 Å². The van der Waals surface area contributed by atoms with Gasteiger partial charge < -0.3 is 10.6 Å². The van der Waals surface area contributed by atoms with Crippen molar-refractivity contribution in [2.75, 3.05) is 18.4 Å². The summed E-state index contributed by atoms with van der Waals surface area (Å²) in [6.45, 7) is 3.15. The van der Waals surface area contributed by atoms with Crippen LogP contribution in [-0.2, 0) is 0 Å². The Morgan fingerprint density at radius 2 is 1.71 bits per heavy atom. The quantitative estimate of drug-likeness (QED) is 0.827. The van der Waals surface area contributed by atoms with Crippen molar-refractivity contribution in [3.05, 3.63) is 65.2 Å². The van der Waals surface area contributed by atoms with Crippen LogP contribution < -0.4 is 10.6 Å². The Hall–Kier alpha value is -2.80. The monoisotopic (exact) mass is 279 g/mol. The molecule has 4 heteroatoms. The van der Waals surface area contributed by atoms with Crippen molar-refractivity contribution < 1.29 is 4.79 Å². The summed E-state index contributed by atoms with van der Waals surface area (Å²) in [7, 11) is 0. The fourth-order valence-corrected chi connectivity index (χ4v) is 1.85. The van der Waals surface area contributed by atoms with E-state index in [1.54, 1.807) is 12.1 Å². The predicted molar refractivity (Wildman–Crippen MR) is 83.2 cm³/mol. The fourth-order valence-electron chi connectivity index (χ4n) is 1.85. The number of benzene rings is 2. The van der Waals surface area contributed by atoms with Crippen LogP contribution in [0.15, 0.2) is 48.5 Å². The number of nitrogens with zero attached hydrogens (tertiary/aromatic N) is 1. The highest BCUT2D eigenvalue weighted by Gasteiger charge is 2.03. The molecule has 0 saturated carbocycles. The summed E-state index contributed by atoms with van der Waals surface area (Å²) in [5.74, 6) is -0.0726. The minimum atomic E-state index is -0.0726. The third-order valence-corrected chi connectivity index (χ3v) is 3.07. The standard InChI is InChI=1S/C17H17N3O/c1-13-2-6-15(7-3-13)17(21)20-11-10-19-16-8-4-14(12-18)5-9-16/h2-9,19H,10-11H2,1H3,(H,20,21). The van der Waals surface area contributed by atoms with E-state index >= 15 is 0 Å². The number of rotatable bonds is 5. The van der Waals surface area contributed by atoms with Gasteiger partial charge in [-0.3, -0.25) is 4.79 Å². The summed E-state index contributed by atoms with van der Waals surface area (Å²) < 4.78 is 0. The maximum absolute atomic E-state index is 11.9. The van der Waals surface area contributed by atoms with E-state index in [0.717, 1.165) is 11.3 Å². The molecule has 21 heavy (non-hydrogen) atoms. The molecule has 0 aliphatic carbocycles. The van der Waals surface area contributed by atoms with E-state index in [9.17, 15) is 4.79 Å². The molecule has 0 aliphatic rings. The lowest BCUT2D eigenvalue weighted by Crippen LogP contribution is -2.28.